The van der Waals surface area contributed by atoms with Gasteiger partial charge in [0.05, 0.1) is 0 Å². The highest BCUT2D eigenvalue weighted by Crippen LogP contribution is 2.60. The van der Waals surface area contributed by atoms with Gasteiger partial charge in [-0.3, -0.25) is 4.55 Å². The Hall–Kier alpha value is -2.26. The van der Waals surface area contributed by atoms with Crippen LogP contribution in [0, 0.1) is 23.3 Å². The summed E-state index contributed by atoms with van der Waals surface area (Å²) in [6, 6.07) is 0. The van der Waals surface area contributed by atoms with Crippen molar-refractivity contribution in [2.45, 2.75) is 40.9 Å². The van der Waals surface area contributed by atoms with Gasteiger partial charge in [0.25, 0.3) is 0 Å². The maximum Gasteiger partial charge on any atom is 0.471 e. The standard InChI is InChI=1S/C12HF17O4S/c13-1-2(14)4(16)6(34(30,31)32)5(3(1)15)33-12(28,29)10(23,24)8(19,20)7(17,18)9(21,22)11(25,26)27/h(H,30,31,32). The number of ether oxygens (including phenoxy) is 1. The van der Waals surface area contributed by atoms with Crippen LogP contribution in [0.3, 0.4) is 0 Å². The topological polar surface area (TPSA) is 63.6 Å². The second-order valence-corrected chi connectivity index (χ2v) is 7.16. The van der Waals surface area contributed by atoms with E-state index < -0.39 is 80.0 Å². The Morgan fingerprint density at radius 2 is 0.912 bits per heavy atom. The van der Waals surface area contributed by atoms with E-state index in [0.717, 1.165) is 0 Å². The van der Waals surface area contributed by atoms with E-state index in [1.807, 2.05) is 0 Å². The SMILES string of the molecule is O=S(=O)(O)c1c(F)c(F)c(F)c(F)c1OC(F)(F)C(F)(F)C(F)(F)C(F)(F)C(F)(F)C(F)(F)F. The van der Waals surface area contributed by atoms with Gasteiger partial charge >= 0.3 is 46.1 Å². The van der Waals surface area contributed by atoms with E-state index in [1.165, 1.54) is 0 Å². The summed E-state index contributed by atoms with van der Waals surface area (Å²) in [4.78, 5) is -3.35. The van der Waals surface area contributed by atoms with E-state index >= 15 is 0 Å². The van der Waals surface area contributed by atoms with E-state index in [2.05, 4.69) is 4.74 Å². The van der Waals surface area contributed by atoms with Gasteiger partial charge in [-0.05, 0) is 0 Å². The molecular weight excluding hydrogens is 563 g/mol. The van der Waals surface area contributed by atoms with Gasteiger partial charge in [-0.25, -0.2) is 13.2 Å². The van der Waals surface area contributed by atoms with Crippen molar-refractivity contribution in [3.8, 4) is 5.75 Å². The van der Waals surface area contributed by atoms with E-state index in [1.54, 1.807) is 0 Å². The zero-order valence-corrected chi connectivity index (χ0v) is 15.3. The first-order valence-corrected chi connectivity index (χ1v) is 8.53. The second-order valence-electron chi connectivity index (χ2n) is 5.80. The van der Waals surface area contributed by atoms with Crippen LogP contribution in [0.25, 0.3) is 0 Å². The Kier molecular flexibility index (Phi) is 6.90. The Morgan fingerprint density at radius 1 is 0.559 bits per heavy atom. The molecule has 4 nitrogen and oxygen atoms in total. The lowest BCUT2D eigenvalue weighted by atomic mass is 9.97. The predicted octanol–water partition coefficient (Wildman–Crippen LogP) is 5.56. The highest BCUT2D eigenvalue weighted by molar-refractivity contribution is 7.86. The molecule has 22 heteroatoms. The second kappa shape index (κ2) is 7.88. The molecule has 0 aliphatic carbocycles. The molecule has 0 bridgehead atoms. The van der Waals surface area contributed by atoms with Crippen LogP contribution in [-0.4, -0.2) is 48.9 Å². The Labute approximate surface area is 173 Å². The number of benzene rings is 1. The van der Waals surface area contributed by atoms with Crippen LogP contribution < -0.4 is 4.74 Å². The minimum atomic E-state index is -8.51. The van der Waals surface area contributed by atoms with Crippen LogP contribution in [0.4, 0.5) is 74.6 Å². The van der Waals surface area contributed by atoms with Gasteiger partial charge in [0, 0.05) is 0 Å². The Balaban J connectivity index is 3.85. The molecule has 0 unspecified atom stereocenters. The van der Waals surface area contributed by atoms with E-state index in [9.17, 15) is 83.1 Å². The molecule has 0 heterocycles. The maximum absolute atomic E-state index is 13.6. The van der Waals surface area contributed by atoms with Crippen molar-refractivity contribution < 1.29 is 92.3 Å². The number of hydrogen-bond donors (Lipinski definition) is 1. The lowest BCUT2D eigenvalue weighted by molar-refractivity contribution is -0.457. The Bertz CT molecular complexity index is 1080. The van der Waals surface area contributed by atoms with Gasteiger partial charge in [-0.2, -0.15) is 69.9 Å². The number of halogens is 17. The van der Waals surface area contributed by atoms with Crippen molar-refractivity contribution >= 4 is 10.1 Å². The fraction of sp³-hybridized carbons (Fsp3) is 0.500. The van der Waals surface area contributed by atoms with Crippen LogP contribution in [0.15, 0.2) is 4.90 Å². The highest BCUT2D eigenvalue weighted by Gasteiger charge is 2.91. The molecule has 1 rings (SSSR count). The van der Waals surface area contributed by atoms with Crippen molar-refractivity contribution in [2.75, 3.05) is 0 Å². The van der Waals surface area contributed by atoms with Gasteiger partial charge in [0.1, 0.15) is 0 Å². The summed E-state index contributed by atoms with van der Waals surface area (Å²) in [5.41, 5.74) is 0. The molecule has 0 spiro atoms. The molecular formula is C12HF17O4S. The number of rotatable bonds is 7. The molecule has 0 saturated heterocycles. The third kappa shape index (κ3) is 4.06. The molecule has 0 saturated carbocycles. The summed E-state index contributed by atoms with van der Waals surface area (Å²) in [5.74, 6) is -50.8. The Morgan fingerprint density at radius 3 is 1.26 bits per heavy atom. The van der Waals surface area contributed by atoms with Crippen molar-refractivity contribution in [3.63, 3.8) is 0 Å². The third-order valence-electron chi connectivity index (χ3n) is 3.58. The van der Waals surface area contributed by atoms with Crippen LogP contribution >= 0.6 is 0 Å². The van der Waals surface area contributed by atoms with Gasteiger partial charge in [-0.1, -0.05) is 0 Å². The number of hydrogen-bond acceptors (Lipinski definition) is 3. The molecule has 1 aromatic rings. The zero-order valence-electron chi connectivity index (χ0n) is 14.5. The maximum atomic E-state index is 13.6. The highest BCUT2D eigenvalue weighted by atomic mass is 32.2. The monoisotopic (exact) mass is 564 g/mol. The molecule has 1 N–H and O–H groups in total. The molecule has 0 amide bonds. The van der Waals surface area contributed by atoms with E-state index in [0.29, 0.717) is 0 Å². The first-order valence-electron chi connectivity index (χ1n) is 7.09. The first kappa shape index (κ1) is 29.8. The predicted molar refractivity (Wildman–Crippen MR) is 67.5 cm³/mol. The lowest BCUT2D eigenvalue weighted by Crippen LogP contribution is -2.71. The van der Waals surface area contributed by atoms with Crippen molar-refractivity contribution in [2.24, 2.45) is 0 Å². The summed E-state index contributed by atoms with van der Waals surface area (Å²) < 4.78 is 254. The molecule has 0 aliphatic heterocycles. The minimum absolute atomic E-state index is 2.27. The minimum Gasteiger partial charge on any atom is -0.423 e. The first-order chi connectivity index (χ1) is 14.6. The van der Waals surface area contributed by atoms with Crippen LogP contribution in [-0.2, 0) is 10.1 Å². The average molecular weight is 564 g/mol. The fourth-order valence-corrected chi connectivity index (χ4v) is 2.54. The normalized spacial score (nSPS) is 15.0. The van der Waals surface area contributed by atoms with Crippen LogP contribution in [0.2, 0.25) is 0 Å². The van der Waals surface area contributed by atoms with Crippen LogP contribution in [0.1, 0.15) is 0 Å². The fourth-order valence-electron chi connectivity index (χ4n) is 1.86. The van der Waals surface area contributed by atoms with E-state index in [-0.39, 0.29) is 0 Å². The van der Waals surface area contributed by atoms with Gasteiger partial charge in [0.15, 0.2) is 22.3 Å². The molecule has 198 valence electrons. The van der Waals surface area contributed by atoms with Gasteiger partial charge in [0.2, 0.25) is 11.6 Å². The average Bonchev–Trinajstić information content (AvgIpc) is 2.61. The third-order valence-corrected chi connectivity index (χ3v) is 4.46. The van der Waals surface area contributed by atoms with E-state index in [4.69, 9.17) is 4.55 Å². The van der Waals surface area contributed by atoms with Gasteiger partial charge < -0.3 is 4.74 Å². The molecule has 0 aliphatic rings. The molecule has 0 fully saturated rings. The molecule has 0 atom stereocenters. The van der Waals surface area contributed by atoms with Crippen molar-refractivity contribution in [1.82, 2.24) is 0 Å². The van der Waals surface area contributed by atoms with Crippen LogP contribution in [0.5, 0.6) is 5.75 Å². The zero-order chi connectivity index (χ0) is 27.7. The molecule has 0 radical (unpaired) electrons. The quantitative estimate of drug-likeness (QED) is 0.204. The molecule has 1 aromatic carbocycles. The number of alkyl halides is 13. The lowest BCUT2D eigenvalue weighted by Gasteiger charge is -2.39. The molecule has 0 aromatic heterocycles. The summed E-state index contributed by atoms with van der Waals surface area (Å²) >= 11 is 0. The summed E-state index contributed by atoms with van der Waals surface area (Å²) in [6.07, 6.45) is -15.5. The summed E-state index contributed by atoms with van der Waals surface area (Å²) in [7, 11) is -6.68. The van der Waals surface area contributed by atoms with Gasteiger partial charge in [-0.15, -0.1) is 0 Å². The van der Waals surface area contributed by atoms with Crippen molar-refractivity contribution in [3.05, 3.63) is 23.3 Å². The smallest absolute Gasteiger partial charge is 0.423 e. The largest absolute Gasteiger partial charge is 0.471 e. The summed E-state index contributed by atoms with van der Waals surface area (Å²) in [6.45, 7) is 0. The molecule has 34 heavy (non-hydrogen) atoms. The van der Waals surface area contributed by atoms with Crippen molar-refractivity contribution in [1.29, 1.82) is 0 Å². The summed E-state index contributed by atoms with van der Waals surface area (Å²) in [5, 5.41) is 0.